The third kappa shape index (κ3) is 2.48. The summed E-state index contributed by atoms with van der Waals surface area (Å²) in [6, 6.07) is 9.90. The zero-order valence-electron chi connectivity index (χ0n) is 11.1. The molecule has 106 valence electrons. The van der Waals surface area contributed by atoms with Crippen LogP contribution in [0.4, 0.5) is 10.1 Å². The Labute approximate surface area is 125 Å². The highest BCUT2D eigenvalue weighted by Crippen LogP contribution is 2.31. The fourth-order valence-electron chi connectivity index (χ4n) is 1.91. The van der Waals surface area contributed by atoms with Gasteiger partial charge in [-0.2, -0.15) is 4.98 Å². The Kier molecular flexibility index (Phi) is 3.35. The van der Waals surface area contributed by atoms with Crippen molar-refractivity contribution in [1.29, 1.82) is 0 Å². The highest BCUT2D eigenvalue weighted by atomic mass is 35.5. The Balaban J connectivity index is 2.03. The zero-order chi connectivity index (χ0) is 15.0. The van der Waals surface area contributed by atoms with Gasteiger partial charge in [-0.05, 0) is 30.7 Å². The van der Waals surface area contributed by atoms with E-state index in [0.29, 0.717) is 33.2 Å². The fourth-order valence-corrected chi connectivity index (χ4v) is 2.08. The molecule has 3 rings (SSSR count). The summed E-state index contributed by atoms with van der Waals surface area (Å²) in [6.07, 6.45) is 0. The van der Waals surface area contributed by atoms with Gasteiger partial charge in [-0.1, -0.05) is 35.0 Å². The SMILES string of the molecule is Cc1ccc(-c2noc(-c3cccc(Cl)c3N)n2)cc1F. The standard InChI is InChI=1S/C15H11ClFN3O/c1-8-5-6-9(7-12(8)17)14-19-15(21-20-14)10-3-2-4-11(16)13(10)18/h2-7H,18H2,1H3. The molecule has 0 saturated heterocycles. The molecule has 2 N–H and O–H groups in total. The lowest BCUT2D eigenvalue weighted by Crippen LogP contribution is -1.91. The lowest BCUT2D eigenvalue weighted by Gasteiger charge is -2.01. The molecule has 21 heavy (non-hydrogen) atoms. The smallest absolute Gasteiger partial charge is 0.260 e. The Morgan fingerprint density at radius 1 is 1.24 bits per heavy atom. The van der Waals surface area contributed by atoms with Gasteiger partial charge in [0.15, 0.2) is 0 Å². The Bertz CT molecular complexity index is 816. The van der Waals surface area contributed by atoms with Crippen LogP contribution in [-0.4, -0.2) is 10.1 Å². The van der Waals surface area contributed by atoms with Gasteiger partial charge >= 0.3 is 0 Å². The molecule has 0 saturated carbocycles. The first kappa shape index (κ1) is 13.6. The van der Waals surface area contributed by atoms with Crippen LogP contribution in [0.5, 0.6) is 0 Å². The second-order valence-electron chi connectivity index (χ2n) is 4.59. The van der Waals surface area contributed by atoms with Crippen molar-refractivity contribution in [1.82, 2.24) is 10.1 Å². The molecule has 0 spiro atoms. The maximum atomic E-state index is 13.6. The van der Waals surface area contributed by atoms with E-state index in [1.165, 1.54) is 6.07 Å². The number of nitrogen functional groups attached to an aromatic ring is 1. The molecule has 0 bridgehead atoms. The quantitative estimate of drug-likeness (QED) is 0.724. The minimum absolute atomic E-state index is 0.242. The van der Waals surface area contributed by atoms with Gasteiger partial charge in [0.2, 0.25) is 5.82 Å². The first-order chi connectivity index (χ1) is 10.1. The van der Waals surface area contributed by atoms with Gasteiger partial charge in [0.05, 0.1) is 16.3 Å². The number of anilines is 1. The first-order valence-electron chi connectivity index (χ1n) is 6.21. The summed E-state index contributed by atoms with van der Waals surface area (Å²) in [6.45, 7) is 1.69. The van der Waals surface area contributed by atoms with Crippen molar-refractivity contribution in [2.24, 2.45) is 0 Å². The number of aromatic nitrogens is 2. The van der Waals surface area contributed by atoms with Gasteiger partial charge in [-0.3, -0.25) is 0 Å². The lowest BCUT2D eigenvalue weighted by molar-refractivity contribution is 0.432. The lowest BCUT2D eigenvalue weighted by atomic mass is 10.1. The van der Waals surface area contributed by atoms with Crippen LogP contribution in [0.15, 0.2) is 40.9 Å². The van der Waals surface area contributed by atoms with Crippen LogP contribution in [-0.2, 0) is 0 Å². The van der Waals surface area contributed by atoms with E-state index in [2.05, 4.69) is 10.1 Å². The van der Waals surface area contributed by atoms with E-state index >= 15 is 0 Å². The van der Waals surface area contributed by atoms with Gasteiger partial charge in [0.1, 0.15) is 5.82 Å². The predicted molar refractivity (Wildman–Crippen MR) is 79.3 cm³/mol. The van der Waals surface area contributed by atoms with Gasteiger partial charge < -0.3 is 10.3 Å². The number of hydrogen-bond donors (Lipinski definition) is 1. The summed E-state index contributed by atoms with van der Waals surface area (Å²) in [5.74, 6) is 0.218. The van der Waals surface area contributed by atoms with Crippen LogP contribution in [0.1, 0.15) is 5.56 Å². The van der Waals surface area contributed by atoms with E-state index in [-0.39, 0.29) is 11.7 Å². The molecule has 0 aliphatic heterocycles. The Hall–Kier alpha value is -2.40. The van der Waals surface area contributed by atoms with Crippen molar-refractivity contribution in [3.63, 3.8) is 0 Å². The molecule has 4 nitrogen and oxygen atoms in total. The molecule has 0 radical (unpaired) electrons. The van der Waals surface area contributed by atoms with E-state index in [9.17, 15) is 4.39 Å². The van der Waals surface area contributed by atoms with E-state index in [0.717, 1.165) is 0 Å². The molecule has 1 aromatic heterocycles. The van der Waals surface area contributed by atoms with E-state index in [1.54, 1.807) is 37.3 Å². The number of nitrogens with zero attached hydrogens (tertiary/aromatic N) is 2. The number of halogens is 2. The number of nitrogens with two attached hydrogens (primary N) is 1. The molecule has 0 fully saturated rings. The van der Waals surface area contributed by atoms with E-state index in [1.807, 2.05) is 0 Å². The van der Waals surface area contributed by atoms with E-state index in [4.69, 9.17) is 21.9 Å². The van der Waals surface area contributed by atoms with Crippen LogP contribution in [0, 0.1) is 12.7 Å². The van der Waals surface area contributed by atoms with Crippen molar-refractivity contribution in [3.8, 4) is 22.8 Å². The predicted octanol–water partition coefficient (Wildman–Crippen LogP) is 4.09. The van der Waals surface area contributed by atoms with Crippen molar-refractivity contribution < 1.29 is 8.91 Å². The van der Waals surface area contributed by atoms with Crippen molar-refractivity contribution >= 4 is 17.3 Å². The van der Waals surface area contributed by atoms with Crippen molar-refractivity contribution in [2.45, 2.75) is 6.92 Å². The Morgan fingerprint density at radius 3 is 2.81 bits per heavy atom. The number of para-hydroxylation sites is 1. The minimum Gasteiger partial charge on any atom is -0.397 e. The molecular formula is C15H11ClFN3O. The molecule has 0 atom stereocenters. The van der Waals surface area contributed by atoms with Crippen LogP contribution in [0.25, 0.3) is 22.8 Å². The summed E-state index contributed by atoms with van der Waals surface area (Å²) in [5, 5.41) is 4.26. The second-order valence-corrected chi connectivity index (χ2v) is 5.00. The fraction of sp³-hybridized carbons (Fsp3) is 0.0667. The summed E-state index contributed by atoms with van der Waals surface area (Å²) in [7, 11) is 0. The molecule has 0 unspecified atom stereocenters. The third-order valence-corrected chi connectivity index (χ3v) is 3.47. The molecule has 0 aliphatic carbocycles. The molecule has 2 aromatic carbocycles. The largest absolute Gasteiger partial charge is 0.397 e. The summed E-state index contributed by atoms with van der Waals surface area (Å²) in [5.41, 5.74) is 7.89. The molecular weight excluding hydrogens is 293 g/mol. The topological polar surface area (TPSA) is 64.9 Å². The highest BCUT2D eigenvalue weighted by molar-refractivity contribution is 6.33. The molecule has 1 heterocycles. The summed E-state index contributed by atoms with van der Waals surface area (Å²) < 4.78 is 18.8. The van der Waals surface area contributed by atoms with Crippen LogP contribution < -0.4 is 5.73 Å². The average Bonchev–Trinajstić information content (AvgIpc) is 2.94. The number of rotatable bonds is 2. The molecule has 3 aromatic rings. The van der Waals surface area contributed by atoms with Gasteiger partial charge in [-0.15, -0.1) is 0 Å². The normalized spacial score (nSPS) is 10.8. The molecule has 0 amide bonds. The van der Waals surface area contributed by atoms with Gasteiger partial charge in [-0.25, -0.2) is 4.39 Å². The molecule has 0 aliphatic rings. The maximum Gasteiger partial charge on any atom is 0.260 e. The maximum absolute atomic E-state index is 13.6. The summed E-state index contributed by atoms with van der Waals surface area (Å²) >= 11 is 5.96. The van der Waals surface area contributed by atoms with Crippen LogP contribution >= 0.6 is 11.6 Å². The minimum atomic E-state index is -0.318. The van der Waals surface area contributed by atoms with E-state index < -0.39 is 0 Å². The van der Waals surface area contributed by atoms with Crippen LogP contribution in [0.3, 0.4) is 0 Å². The monoisotopic (exact) mass is 303 g/mol. The number of benzene rings is 2. The second kappa shape index (κ2) is 5.18. The molecule has 6 heteroatoms. The van der Waals surface area contributed by atoms with Crippen molar-refractivity contribution in [3.05, 3.63) is 52.8 Å². The first-order valence-corrected chi connectivity index (χ1v) is 6.58. The zero-order valence-corrected chi connectivity index (χ0v) is 11.9. The van der Waals surface area contributed by atoms with Crippen molar-refractivity contribution in [2.75, 3.05) is 5.73 Å². The third-order valence-electron chi connectivity index (χ3n) is 3.14. The van der Waals surface area contributed by atoms with Crippen LogP contribution in [0.2, 0.25) is 5.02 Å². The number of hydrogen-bond acceptors (Lipinski definition) is 4. The number of aryl methyl sites for hydroxylation is 1. The highest BCUT2D eigenvalue weighted by Gasteiger charge is 2.15. The van der Waals surface area contributed by atoms with Gasteiger partial charge in [0, 0.05) is 5.56 Å². The van der Waals surface area contributed by atoms with Gasteiger partial charge in [0.25, 0.3) is 5.89 Å². The summed E-state index contributed by atoms with van der Waals surface area (Å²) in [4.78, 5) is 4.24. The average molecular weight is 304 g/mol. The Morgan fingerprint density at radius 2 is 2.05 bits per heavy atom.